The lowest BCUT2D eigenvalue weighted by molar-refractivity contribution is 0.0803. The van der Waals surface area contributed by atoms with Crippen LogP contribution in [0.25, 0.3) is 0 Å². The van der Waals surface area contributed by atoms with Gasteiger partial charge in [0.05, 0.1) is 16.3 Å². The number of anilines is 1. The Morgan fingerprint density at radius 1 is 1.50 bits per heavy atom. The maximum absolute atomic E-state index is 12.2. The van der Waals surface area contributed by atoms with Crippen molar-refractivity contribution < 1.29 is 13.2 Å². The summed E-state index contributed by atoms with van der Waals surface area (Å²) >= 11 is 5.97. The predicted octanol–water partition coefficient (Wildman–Crippen LogP) is 1.28. The van der Waals surface area contributed by atoms with Crippen LogP contribution in [0.5, 0.6) is 0 Å². The Hall–Kier alpha value is -1.34. The van der Waals surface area contributed by atoms with E-state index in [0.29, 0.717) is 17.9 Å². The number of nitrogens with zero attached hydrogens (tertiary/aromatic N) is 2. The molecule has 1 amide bonds. The molecule has 20 heavy (non-hydrogen) atoms. The van der Waals surface area contributed by atoms with Gasteiger partial charge < -0.3 is 10.2 Å². The van der Waals surface area contributed by atoms with Gasteiger partial charge in [-0.1, -0.05) is 11.6 Å². The van der Waals surface area contributed by atoms with Crippen LogP contribution in [-0.4, -0.2) is 56.4 Å². The highest BCUT2D eigenvalue weighted by atomic mass is 35.5. The Balaban J connectivity index is 2.87. The molecule has 1 N–H and O–H groups in total. The summed E-state index contributed by atoms with van der Waals surface area (Å²) < 4.78 is 22.2. The third kappa shape index (κ3) is 4.97. The summed E-state index contributed by atoms with van der Waals surface area (Å²) in [7, 11) is -1.57. The van der Waals surface area contributed by atoms with Crippen molar-refractivity contribution in [2.45, 2.75) is 6.92 Å². The number of hydrogen-bond acceptors (Lipinski definition) is 5. The highest BCUT2D eigenvalue weighted by Gasteiger charge is 2.17. The lowest BCUT2D eigenvalue weighted by Crippen LogP contribution is -2.31. The second kappa shape index (κ2) is 6.90. The molecule has 0 unspecified atom stereocenters. The number of nitrogens with one attached hydrogen (secondary N) is 1. The van der Waals surface area contributed by atoms with Gasteiger partial charge in [-0.2, -0.15) is 0 Å². The molecule has 0 aliphatic carbocycles. The Morgan fingerprint density at radius 2 is 2.15 bits per heavy atom. The Bertz CT molecular complexity index is 590. The SMILES string of the molecule is CCNc1cc(C(=O)N(C)CCS(C)(=O)=O)c(Cl)cn1. The first-order valence-electron chi connectivity index (χ1n) is 6.07. The minimum atomic E-state index is -3.11. The van der Waals surface area contributed by atoms with Gasteiger partial charge in [0.2, 0.25) is 0 Å². The van der Waals surface area contributed by atoms with E-state index in [0.717, 1.165) is 6.26 Å². The van der Waals surface area contributed by atoms with E-state index in [1.807, 2.05) is 6.92 Å². The van der Waals surface area contributed by atoms with Crippen molar-refractivity contribution in [2.24, 2.45) is 0 Å². The van der Waals surface area contributed by atoms with Crippen LogP contribution in [0.4, 0.5) is 5.82 Å². The summed E-state index contributed by atoms with van der Waals surface area (Å²) in [4.78, 5) is 17.6. The van der Waals surface area contributed by atoms with Gasteiger partial charge in [0.15, 0.2) is 0 Å². The number of carbonyl (C=O) groups excluding carboxylic acids is 1. The lowest BCUT2D eigenvalue weighted by atomic mass is 10.2. The number of halogens is 1. The molecule has 0 saturated heterocycles. The van der Waals surface area contributed by atoms with Crippen LogP contribution in [0, 0.1) is 0 Å². The van der Waals surface area contributed by atoms with Crippen LogP contribution in [0.1, 0.15) is 17.3 Å². The smallest absolute Gasteiger partial charge is 0.255 e. The van der Waals surface area contributed by atoms with Crippen LogP contribution < -0.4 is 5.32 Å². The zero-order chi connectivity index (χ0) is 15.3. The van der Waals surface area contributed by atoms with Crippen molar-refractivity contribution >= 4 is 33.2 Å². The molecule has 0 spiro atoms. The van der Waals surface area contributed by atoms with Crippen molar-refractivity contribution in [3.05, 3.63) is 22.8 Å². The van der Waals surface area contributed by atoms with E-state index in [2.05, 4.69) is 10.3 Å². The molecular formula is C12H18ClN3O3S. The fraction of sp³-hybridized carbons (Fsp3) is 0.500. The van der Waals surface area contributed by atoms with E-state index in [9.17, 15) is 13.2 Å². The van der Waals surface area contributed by atoms with Gasteiger partial charge in [-0.25, -0.2) is 13.4 Å². The summed E-state index contributed by atoms with van der Waals surface area (Å²) in [6.07, 6.45) is 2.53. The second-order valence-electron chi connectivity index (χ2n) is 4.44. The first-order valence-corrected chi connectivity index (χ1v) is 8.51. The third-order valence-corrected chi connectivity index (χ3v) is 3.81. The van der Waals surface area contributed by atoms with E-state index in [-0.39, 0.29) is 23.2 Å². The normalized spacial score (nSPS) is 11.2. The molecule has 1 heterocycles. The molecule has 0 bridgehead atoms. The van der Waals surface area contributed by atoms with Gasteiger partial charge >= 0.3 is 0 Å². The minimum absolute atomic E-state index is 0.0853. The lowest BCUT2D eigenvalue weighted by Gasteiger charge is -2.17. The molecule has 1 aromatic heterocycles. The highest BCUT2D eigenvalue weighted by Crippen LogP contribution is 2.19. The van der Waals surface area contributed by atoms with Crippen molar-refractivity contribution in [3.63, 3.8) is 0 Å². The summed E-state index contributed by atoms with van der Waals surface area (Å²) in [5, 5.41) is 3.23. The van der Waals surface area contributed by atoms with Crippen LogP contribution in [-0.2, 0) is 9.84 Å². The molecule has 0 aliphatic rings. The first kappa shape index (κ1) is 16.7. The van der Waals surface area contributed by atoms with Gasteiger partial charge in [-0.15, -0.1) is 0 Å². The molecule has 0 atom stereocenters. The molecule has 0 aliphatic heterocycles. The monoisotopic (exact) mass is 319 g/mol. The summed E-state index contributed by atoms with van der Waals surface area (Å²) in [5.41, 5.74) is 0.300. The zero-order valence-electron chi connectivity index (χ0n) is 11.7. The summed E-state index contributed by atoms with van der Waals surface area (Å²) in [6.45, 7) is 2.70. The third-order valence-electron chi connectivity index (χ3n) is 2.59. The van der Waals surface area contributed by atoms with Crippen molar-refractivity contribution in [1.82, 2.24) is 9.88 Å². The van der Waals surface area contributed by atoms with Crippen LogP contribution in [0.15, 0.2) is 12.3 Å². The minimum Gasteiger partial charge on any atom is -0.370 e. The second-order valence-corrected chi connectivity index (χ2v) is 7.10. The van der Waals surface area contributed by atoms with Crippen LogP contribution >= 0.6 is 11.6 Å². The largest absolute Gasteiger partial charge is 0.370 e. The number of carbonyl (C=O) groups is 1. The van der Waals surface area contributed by atoms with Crippen molar-refractivity contribution in [2.75, 3.05) is 37.5 Å². The van der Waals surface area contributed by atoms with E-state index in [1.54, 1.807) is 6.07 Å². The standard InChI is InChI=1S/C12H18ClN3O3S/c1-4-14-11-7-9(10(13)8-15-11)12(17)16(2)5-6-20(3,18)19/h7-8H,4-6H2,1-3H3,(H,14,15). The Labute approximate surface area is 124 Å². The number of hydrogen-bond donors (Lipinski definition) is 1. The Kier molecular flexibility index (Phi) is 5.76. The maximum Gasteiger partial charge on any atom is 0.255 e. The van der Waals surface area contributed by atoms with Gasteiger partial charge in [0.25, 0.3) is 5.91 Å². The van der Waals surface area contributed by atoms with Gasteiger partial charge in [0, 0.05) is 32.6 Å². The van der Waals surface area contributed by atoms with E-state index in [4.69, 9.17) is 11.6 Å². The molecule has 0 radical (unpaired) electrons. The number of pyridine rings is 1. The Morgan fingerprint density at radius 3 is 2.70 bits per heavy atom. The molecule has 8 heteroatoms. The van der Waals surface area contributed by atoms with E-state index >= 15 is 0 Å². The average Bonchev–Trinajstić information content (AvgIpc) is 2.37. The molecule has 1 rings (SSSR count). The molecule has 6 nitrogen and oxygen atoms in total. The average molecular weight is 320 g/mol. The van der Waals surface area contributed by atoms with Gasteiger partial charge in [-0.05, 0) is 13.0 Å². The summed E-state index contributed by atoms with van der Waals surface area (Å²) in [6, 6.07) is 1.56. The molecule has 112 valence electrons. The van der Waals surface area contributed by atoms with Crippen molar-refractivity contribution in [1.29, 1.82) is 0 Å². The maximum atomic E-state index is 12.2. The quantitative estimate of drug-likeness (QED) is 0.854. The topological polar surface area (TPSA) is 79.4 Å². The van der Waals surface area contributed by atoms with E-state index in [1.165, 1.54) is 18.1 Å². The fourth-order valence-corrected chi connectivity index (χ4v) is 2.28. The number of rotatable bonds is 6. The molecule has 0 saturated carbocycles. The summed E-state index contributed by atoms with van der Waals surface area (Å²) in [5.74, 6) is 0.134. The molecule has 1 aromatic rings. The molecular weight excluding hydrogens is 302 g/mol. The van der Waals surface area contributed by atoms with Crippen molar-refractivity contribution in [3.8, 4) is 0 Å². The molecule has 0 fully saturated rings. The zero-order valence-corrected chi connectivity index (χ0v) is 13.3. The predicted molar refractivity (Wildman–Crippen MR) is 80.1 cm³/mol. The van der Waals surface area contributed by atoms with Crippen LogP contribution in [0.3, 0.4) is 0 Å². The van der Waals surface area contributed by atoms with Gasteiger partial charge in [0.1, 0.15) is 15.7 Å². The number of sulfone groups is 1. The van der Waals surface area contributed by atoms with Gasteiger partial charge in [-0.3, -0.25) is 4.79 Å². The molecule has 0 aromatic carbocycles. The van der Waals surface area contributed by atoms with E-state index < -0.39 is 9.84 Å². The van der Waals surface area contributed by atoms with Crippen LogP contribution in [0.2, 0.25) is 5.02 Å². The number of amides is 1. The highest BCUT2D eigenvalue weighted by molar-refractivity contribution is 7.90. The first-order chi connectivity index (χ1) is 9.24. The fourth-order valence-electron chi connectivity index (χ4n) is 1.49. The number of aromatic nitrogens is 1.